The number of hydrogen-bond acceptors (Lipinski definition) is 4. The average molecular weight is 945 g/mol. The highest BCUT2D eigenvalue weighted by atomic mass is 32.1. The highest BCUT2D eigenvalue weighted by Gasteiger charge is 2.37. The molecule has 5 heteroatoms. The van der Waals surface area contributed by atoms with Gasteiger partial charge in [0.15, 0.2) is 11.6 Å². The maximum atomic E-state index is 5.22. The summed E-state index contributed by atoms with van der Waals surface area (Å²) < 4.78 is 2.25. The van der Waals surface area contributed by atoms with Crippen LogP contribution >= 0.6 is 11.3 Å². The standard InChI is InChI=1S/C67H52N4S/c1-41-61(44-21-10-6-11-22-44)42(2)63(43(3)62(41)45-23-12-7-13-24-45)50-30-20-29-48(37-50)59-35-36-60(72-59)49-33-34-51-53-39-54-52-31-18-19-32-57(52)71(58(54)40-56(53)67(4,5)55(51)38-49)66-69-64(46-25-14-8-15-26-46)68-65(70-66)47-27-16-9-17-28-47/h6-28,30-40,48H,29H2,1-5H3. The zero-order valence-corrected chi connectivity index (χ0v) is 41.9. The second-order valence-electron chi connectivity index (χ2n) is 20.0. The first kappa shape index (κ1) is 43.7. The fraction of sp³-hybridized carbons (Fsp3) is 0.119. The van der Waals surface area contributed by atoms with Crippen molar-refractivity contribution >= 4 is 38.7 Å². The van der Waals surface area contributed by atoms with E-state index in [9.17, 15) is 0 Å². The Balaban J connectivity index is 0.877. The molecule has 13 rings (SSSR count). The molecule has 2 aliphatic carbocycles. The second-order valence-corrected chi connectivity index (χ2v) is 21.1. The summed E-state index contributed by atoms with van der Waals surface area (Å²) in [5, 5.41) is 2.35. The van der Waals surface area contributed by atoms with Crippen LogP contribution in [0.3, 0.4) is 0 Å². The van der Waals surface area contributed by atoms with Gasteiger partial charge in [0.25, 0.3) is 0 Å². The lowest BCUT2D eigenvalue weighted by Crippen LogP contribution is -2.15. The van der Waals surface area contributed by atoms with Crippen LogP contribution in [0.4, 0.5) is 0 Å². The molecule has 0 N–H and O–H groups in total. The number of para-hydroxylation sites is 1. The minimum absolute atomic E-state index is 0.257. The maximum absolute atomic E-state index is 5.22. The molecule has 8 aromatic carbocycles. The monoisotopic (exact) mass is 944 g/mol. The summed E-state index contributed by atoms with van der Waals surface area (Å²) in [5.74, 6) is 2.17. The van der Waals surface area contributed by atoms with E-state index >= 15 is 0 Å². The Morgan fingerprint density at radius 2 is 1.04 bits per heavy atom. The molecule has 1 atom stereocenters. The molecule has 0 aliphatic heterocycles. The van der Waals surface area contributed by atoms with E-state index in [2.05, 4.69) is 209 Å². The van der Waals surface area contributed by atoms with Gasteiger partial charge in [-0.2, -0.15) is 9.97 Å². The van der Waals surface area contributed by atoms with Gasteiger partial charge in [0.1, 0.15) is 0 Å². The van der Waals surface area contributed by atoms with Crippen LogP contribution in [0.1, 0.15) is 64.4 Å². The molecule has 346 valence electrons. The van der Waals surface area contributed by atoms with Crippen LogP contribution in [0.5, 0.6) is 0 Å². The molecular weight excluding hydrogens is 893 g/mol. The first-order valence-corrected chi connectivity index (χ1v) is 25.9. The molecule has 0 radical (unpaired) electrons. The van der Waals surface area contributed by atoms with Crippen LogP contribution in [0.15, 0.2) is 206 Å². The van der Waals surface area contributed by atoms with Gasteiger partial charge in [-0.1, -0.05) is 184 Å². The SMILES string of the molecule is Cc1c(C2=CC(c3ccc(-c4ccc5c(c4)C(C)(C)c4cc6c(cc4-5)c4ccccc4n6-c4nc(-c5ccccc5)nc(-c5ccccc5)n4)s3)CC=C2)c(C)c(-c2ccccc2)c(C)c1-c1ccccc1. The number of fused-ring (bicyclic) bond motifs is 6. The van der Waals surface area contributed by atoms with Gasteiger partial charge in [-0.3, -0.25) is 4.57 Å². The Kier molecular flexibility index (Phi) is 10.5. The van der Waals surface area contributed by atoms with Crippen LogP contribution < -0.4 is 0 Å². The van der Waals surface area contributed by atoms with E-state index in [1.54, 1.807) is 0 Å². The zero-order valence-electron chi connectivity index (χ0n) is 41.1. The van der Waals surface area contributed by atoms with Crippen molar-refractivity contribution in [3.63, 3.8) is 0 Å². The van der Waals surface area contributed by atoms with Crippen molar-refractivity contribution in [1.82, 2.24) is 19.5 Å². The number of allylic oxidation sites excluding steroid dienone is 4. The number of rotatable bonds is 8. The molecule has 0 saturated carbocycles. The first-order valence-electron chi connectivity index (χ1n) is 25.0. The van der Waals surface area contributed by atoms with Gasteiger partial charge < -0.3 is 0 Å². The van der Waals surface area contributed by atoms with Crippen molar-refractivity contribution < 1.29 is 0 Å². The van der Waals surface area contributed by atoms with Crippen molar-refractivity contribution in [3.05, 3.63) is 245 Å². The predicted octanol–water partition coefficient (Wildman–Crippen LogP) is 17.7. The van der Waals surface area contributed by atoms with Gasteiger partial charge in [0.2, 0.25) is 5.95 Å². The Morgan fingerprint density at radius 1 is 0.486 bits per heavy atom. The fourth-order valence-electron chi connectivity index (χ4n) is 11.9. The Labute approximate surface area is 425 Å². The number of thiophene rings is 1. The minimum Gasteiger partial charge on any atom is -0.278 e. The van der Waals surface area contributed by atoms with Gasteiger partial charge in [0, 0.05) is 43.0 Å². The van der Waals surface area contributed by atoms with E-state index in [0.29, 0.717) is 17.6 Å². The molecule has 3 heterocycles. The lowest BCUT2D eigenvalue weighted by Gasteiger charge is -2.25. The normalized spacial score (nSPS) is 14.7. The molecule has 11 aromatic rings. The quantitative estimate of drug-likeness (QED) is 0.152. The van der Waals surface area contributed by atoms with E-state index in [4.69, 9.17) is 15.0 Å². The molecule has 2 aliphatic rings. The summed E-state index contributed by atoms with van der Waals surface area (Å²) in [6, 6.07) is 67.6. The van der Waals surface area contributed by atoms with Crippen LogP contribution in [0.25, 0.3) is 99.9 Å². The molecule has 0 bridgehead atoms. The topological polar surface area (TPSA) is 43.6 Å². The summed E-state index contributed by atoms with van der Waals surface area (Å²) >= 11 is 1.93. The highest BCUT2D eigenvalue weighted by Crippen LogP contribution is 2.53. The first-order chi connectivity index (χ1) is 35.2. The third-order valence-corrected chi connectivity index (χ3v) is 16.6. The molecule has 0 amide bonds. The van der Waals surface area contributed by atoms with E-state index in [1.165, 1.54) is 98.4 Å². The minimum atomic E-state index is -0.257. The summed E-state index contributed by atoms with van der Waals surface area (Å²) in [5.41, 5.74) is 22.1. The number of benzene rings is 8. The molecule has 1 unspecified atom stereocenters. The molecule has 72 heavy (non-hydrogen) atoms. The van der Waals surface area contributed by atoms with Crippen LogP contribution in [-0.2, 0) is 5.41 Å². The Bertz CT molecular complexity index is 3870. The van der Waals surface area contributed by atoms with E-state index in [-0.39, 0.29) is 11.3 Å². The van der Waals surface area contributed by atoms with Crippen molar-refractivity contribution in [2.45, 2.75) is 52.4 Å². The van der Waals surface area contributed by atoms with E-state index in [1.807, 2.05) is 47.7 Å². The Morgan fingerprint density at radius 3 is 1.67 bits per heavy atom. The molecule has 4 nitrogen and oxygen atoms in total. The molecule has 0 saturated heterocycles. The number of nitrogens with zero attached hydrogens (tertiary/aromatic N) is 4. The maximum Gasteiger partial charge on any atom is 0.238 e. The Hall–Kier alpha value is -8.25. The van der Waals surface area contributed by atoms with Gasteiger partial charge in [-0.05, 0) is 141 Å². The van der Waals surface area contributed by atoms with Crippen molar-refractivity contribution in [2.75, 3.05) is 0 Å². The second kappa shape index (κ2) is 17.3. The van der Waals surface area contributed by atoms with E-state index < -0.39 is 0 Å². The lowest BCUT2D eigenvalue weighted by molar-refractivity contribution is 0.661. The highest BCUT2D eigenvalue weighted by molar-refractivity contribution is 7.15. The molecule has 0 spiro atoms. The van der Waals surface area contributed by atoms with Crippen LogP contribution in [0.2, 0.25) is 0 Å². The van der Waals surface area contributed by atoms with Gasteiger partial charge in [-0.25, -0.2) is 4.98 Å². The zero-order chi connectivity index (χ0) is 48.7. The number of hydrogen-bond donors (Lipinski definition) is 0. The molecule has 0 fully saturated rings. The third-order valence-electron chi connectivity index (χ3n) is 15.4. The van der Waals surface area contributed by atoms with E-state index in [0.717, 1.165) is 28.6 Å². The predicted molar refractivity (Wildman–Crippen MR) is 302 cm³/mol. The van der Waals surface area contributed by atoms with Crippen molar-refractivity contribution in [2.24, 2.45) is 0 Å². The summed E-state index contributed by atoms with van der Waals surface area (Å²) in [4.78, 5) is 18.1. The summed E-state index contributed by atoms with van der Waals surface area (Å²) in [6.07, 6.45) is 8.27. The summed E-state index contributed by atoms with van der Waals surface area (Å²) in [7, 11) is 0. The molecular formula is C67H52N4S. The summed E-state index contributed by atoms with van der Waals surface area (Å²) in [6.45, 7) is 11.7. The van der Waals surface area contributed by atoms with Crippen LogP contribution in [0, 0.1) is 20.8 Å². The lowest BCUT2D eigenvalue weighted by atomic mass is 9.79. The smallest absolute Gasteiger partial charge is 0.238 e. The fourth-order valence-corrected chi connectivity index (χ4v) is 13.0. The number of aromatic nitrogens is 4. The van der Waals surface area contributed by atoms with Crippen molar-refractivity contribution in [3.8, 4) is 72.5 Å². The van der Waals surface area contributed by atoms with Gasteiger partial charge in [-0.15, -0.1) is 11.3 Å². The van der Waals surface area contributed by atoms with Gasteiger partial charge >= 0.3 is 0 Å². The third kappa shape index (κ3) is 7.13. The van der Waals surface area contributed by atoms with Crippen molar-refractivity contribution in [1.29, 1.82) is 0 Å². The van der Waals surface area contributed by atoms with Gasteiger partial charge in [0.05, 0.1) is 11.0 Å². The van der Waals surface area contributed by atoms with Crippen LogP contribution in [-0.4, -0.2) is 19.5 Å². The largest absolute Gasteiger partial charge is 0.278 e. The molecule has 3 aromatic heterocycles. The average Bonchev–Trinajstić information content (AvgIpc) is 4.11.